The minimum atomic E-state index is -2.52. The van der Waals surface area contributed by atoms with Crippen molar-refractivity contribution in [1.82, 2.24) is 9.47 Å². The molecule has 0 aliphatic carbocycles. The van der Waals surface area contributed by atoms with E-state index >= 15 is 0 Å². The number of aromatic nitrogens is 1. The first-order chi connectivity index (χ1) is 9.52. The molecule has 1 aliphatic rings. The molecule has 1 saturated heterocycles. The van der Waals surface area contributed by atoms with Crippen molar-refractivity contribution in [2.45, 2.75) is 19.4 Å². The van der Waals surface area contributed by atoms with E-state index in [1.807, 2.05) is 0 Å². The fraction of sp³-hybridized carbons (Fsp3) is 0.538. The maximum Gasteiger partial charge on any atom is 0.310 e. The standard InChI is InChI=1S/C13H16F2N2O3/c1-20-13(19)9-4-6-17(7-9)12(18)10-3-2-5-16(10)8-11(14)15/h2-3,5,9,11H,4,6-8H2,1H3. The smallest absolute Gasteiger partial charge is 0.310 e. The fourth-order valence-electron chi connectivity index (χ4n) is 2.38. The monoisotopic (exact) mass is 286 g/mol. The van der Waals surface area contributed by atoms with Gasteiger partial charge in [-0.1, -0.05) is 0 Å². The zero-order chi connectivity index (χ0) is 14.7. The summed E-state index contributed by atoms with van der Waals surface area (Å²) in [5.74, 6) is -1.01. The molecule has 110 valence electrons. The molecule has 1 fully saturated rings. The van der Waals surface area contributed by atoms with Crippen LogP contribution in [0.25, 0.3) is 0 Å². The lowest BCUT2D eigenvalue weighted by atomic mass is 10.1. The maximum absolute atomic E-state index is 12.4. The first-order valence-electron chi connectivity index (χ1n) is 6.33. The van der Waals surface area contributed by atoms with Crippen LogP contribution in [-0.2, 0) is 16.1 Å². The van der Waals surface area contributed by atoms with Crippen LogP contribution in [0.4, 0.5) is 8.78 Å². The highest BCUT2D eigenvalue weighted by Crippen LogP contribution is 2.20. The molecule has 0 saturated carbocycles. The van der Waals surface area contributed by atoms with E-state index in [-0.39, 0.29) is 30.0 Å². The number of carbonyl (C=O) groups excluding carboxylic acids is 2. The first kappa shape index (κ1) is 14.5. The Morgan fingerprint density at radius 3 is 2.90 bits per heavy atom. The Labute approximate surface area is 115 Å². The van der Waals surface area contributed by atoms with Gasteiger partial charge in [0.25, 0.3) is 12.3 Å². The van der Waals surface area contributed by atoms with Crippen LogP contribution in [0.15, 0.2) is 18.3 Å². The Hall–Kier alpha value is -1.92. The highest BCUT2D eigenvalue weighted by Gasteiger charge is 2.33. The average Bonchev–Trinajstić information content (AvgIpc) is 3.05. The van der Waals surface area contributed by atoms with E-state index < -0.39 is 13.0 Å². The number of amides is 1. The lowest BCUT2D eigenvalue weighted by Gasteiger charge is -2.17. The molecule has 1 aromatic rings. The van der Waals surface area contributed by atoms with Gasteiger partial charge in [-0.05, 0) is 18.6 Å². The number of nitrogens with zero attached hydrogens (tertiary/aromatic N) is 2. The van der Waals surface area contributed by atoms with Crippen LogP contribution in [-0.4, -0.2) is 48.0 Å². The normalized spacial score (nSPS) is 18.6. The van der Waals surface area contributed by atoms with Crippen molar-refractivity contribution < 1.29 is 23.1 Å². The van der Waals surface area contributed by atoms with Gasteiger partial charge in [-0.2, -0.15) is 0 Å². The van der Waals surface area contributed by atoms with Gasteiger partial charge in [-0.25, -0.2) is 8.78 Å². The second-order valence-electron chi connectivity index (χ2n) is 4.70. The third-order valence-corrected chi connectivity index (χ3v) is 3.39. The van der Waals surface area contributed by atoms with Crippen LogP contribution in [0.5, 0.6) is 0 Å². The van der Waals surface area contributed by atoms with E-state index in [4.69, 9.17) is 0 Å². The second-order valence-corrected chi connectivity index (χ2v) is 4.70. The molecular formula is C13H16F2N2O3. The summed E-state index contributed by atoms with van der Waals surface area (Å²) in [5, 5.41) is 0. The van der Waals surface area contributed by atoms with Crippen LogP contribution >= 0.6 is 0 Å². The SMILES string of the molecule is COC(=O)C1CCN(C(=O)c2cccn2CC(F)F)C1. The molecule has 5 nitrogen and oxygen atoms in total. The first-order valence-corrected chi connectivity index (χ1v) is 6.33. The van der Waals surface area contributed by atoms with Crippen LogP contribution in [0, 0.1) is 5.92 Å². The number of carbonyl (C=O) groups is 2. The lowest BCUT2D eigenvalue weighted by Crippen LogP contribution is -2.32. The number of methoxy groups -OCH3 is 1. The van der Waals surface area contributed by atoms with E-state index in [1.54, 1.807) is 6.07 Å². The van der Waals surface area contributed by atoms with E-state index in [9.17, 15) is 18.4 Å². The summed E-state index contributed by atoms with van der Waals surface area (Å²) >= 11 is 0. The van der Waals surface area contributed by atoms with Crippen molar-refractivity contribution in [3.8, 4) is 0 Å². The summed E-state index contributed by atoms with van der Waals surface area (Å²) in [6.07, 6.45) is -0.531. The molecule has 2 heterocycles. The van der Waals surface area contributed by atoms with E-state index in [0.29, 0.717) is 13.0 Å². The molecule has 1 aliphatic heterocycles. The van der Waals surface area contributed by atoms with Gasteiger partial charge in [0.1, 0.15) is 5.69 Å². The molecule has 0 bridgehead atoms. The van der Waals surface area contributed by atoms with Gasteiger partial charge >= 0.3 is 5.97 Å². The van der Waals surface area contributed by atoms with Gasteiger partial charge < -0.3 is 14.2 Å². The number of halogens is 2. The topological polar surface area (TPSA) is 51.5 Å². The fourth-order valence-corrected chi connectivity index (χ4v) is 2.38. The maximum atomic E-state index is 12.4. The number of rotatable bonds is 4. The third kappa shape index (κ3) is 2.97. The van der Waals surface area contributed by atoms with Crippen LogP contribution in [0.3, 0.4) is 0 Å². The van der Waals surface area contributed by atoms with Crippen molar-refractivity contribution in [2.75, 3.05) is 20.2 Å². The number of esters is 1. The molecule has 1 atom stereocenters. The molecule has 2 rings (SSSR count). The van der Waals surface area contributed by atoms with Crippen molar-refractivity contribution in [3.05, 3.63) is 24.0 Å². The Morgan fingerprint density at radius 2 is 2.25 bits per heavy atom. The number of ether oxygens (including phenoxy) is 1. The molecule has 1 amide bonds. The average molecular weight is 286 g/mol. The highest BCUT2D eigenvalue weighted by molar-refractivity contribution is 5.93. The molecule has 0 radical (unpaired) electrons. The van der Waals surface area contributed by atoms with Gasteiger partial charge in [0.15, 0.2) is 0 Å². The van der Waals surface area contributed by atoms with Crippen molar-refractivity contribution in [2.24, 2.45) is 5.92 Å². The Morgan fingerprint density at radius 1 is 1.50 bits per heavy atom. The summed E-state index contributed by atoms with van der Waals surface area (Å²) in [4.78, 5) is 25.2. The zero-order valence-corrected chi connectivity index (χ0v) is 11.1. The van der Waals surface area contributed by atoms with Crippen LogP contribution in [0.2, 0.25) is 0 Å². The van der Waals surface area contributed by atoms with Gasteiger partial charge in [0.2, 0.25) is 0 Å². The molecule has 1 unspecified atom stereocenters. The minimum Gasteiger partial charge on any atom is -0.469 e. The summed E-state index contributed by atoms with van der Waals surface area (Å²) in [5.41, 5.74) is 0.218. The minimum absolute atomic E-state index is 0.218. The summed E-state index contributed by atoms with van der Waals surface area (Å²) in [7, 11) is 1.31. The molecule has 1 aromatic heterocycles. The van der Waals surface area contributed by atoms with Gasteiger partial charge in [-0.3, -0.25) is 9.59 Å². The number of hydrogen-bond donors (Lipinski definition) is 0. The van der Waals surface area contributed by atoms with Crippen LogP contribution in [0.1, 0.15) is 16.9 Å². The molecule has 0 N–H and O–H groups in total. The van der Waals surface area contributed by atoms with Crippen molar-refractivity contribution in [3.63, 3.8) is 0 Å². The molecule has 20 heavy (non-hydrogen) atoms. The van der Waals surface area contributed by atoms with Crippen LogP contribution < -0.4 is 0 Å². The number of hydrogen-bond acceptors (Lipinski definition) is 3. The predicted octanol–water partition coefficient (Wildman–Crippen LogP) is 1.39. The predicted molar refractivity (Wildman–Crippen MR) is 66.5 cm³/mol. The third-order valence-electron chi connectivity index (χ3n) is 3.39. The highest BCUT2D eigenvalue weighted by atomic mass is 19.3. The summed E-state index contributed by atoms with van der Waals surface area (Å²) < 4.78 is 30.7. The lowest BCUT2D eigenvalue weighted by molar-refractivity contribution is -0.144. The van der Waals surface area contributed by atoms with E-state index in [1.165, 1.54) is 28.8 Å². The van der Waals surface area contributed by atoms with E-state index in [0.717, 1.165) is 0 Å². The van der Waals surface area contributed by atoms with Crippen molar-refractivity contribution in [1.29, 1.82) is 0 Å². The van der Waals surface area contributed by atoms with E-state index in [2.05, 4.69) is 4.74 Å². The largest absolute Gasteiger partial charge is 0.469 e. The van der Waals surface area contributed by atoms with Crippen molar-refractivity contribution >= 4 is 11.9 Å². The van der Waals surface area contributed by atoms with Gasteiger partial charge in [-0.15, -0.1) is 0 Å². The molecule has 7 heteroatoms. The molecule has 0 spiro atoms. The molecular weight excluding hydrogens is 270 g/mol. The Kier molecular flexibility index (Phi) is 4.36. The Balaban J connectivity index is 2.06. The van der Waals surface area contributed by atoms with Gasteiger partial charge in [0, 0.05) is 19.3 Å². The quantitative estimate of drug-likeness (QED) is 0.786. The summed E-state index contributed by atoms with van der Waals surface area (Å²) in [6, 6.07) is 3.07. The zero-order valence-electron chi connectivity index (χ0n) is 11.1. The van der Waals surface area contributed by atoms with Gasteiger partial charge in [0.05, 0.1) is 19.6 Å². The number of likely N-dealkylation sites (tertiary alicyclic amines) is 1. The summed E-state index contributed by atoms with van der Waals surface area (Å²) in [6.45, 7) is 0.187. The number of alkyl halides is 2. The molecule has 0 aromatic carbocycles. The Bertz CT molecular complexity index is 502. The second kappa shape index (κ2) is 6.02.